The Morgan fingerprint density at radius 1 is 1.16 bits per heavy atom. The third kappa shape index (κ3) is 2.42. The minimum absolute atomic E-state index is 0.0532. The number of imidazole rings is 1. The van der Waals surface area contributed by atoms with Gasteiger partial charge in [0.25, 0.3) is 0 Å². The summed E-state index contributed by atoms with van der Waals surface area (Å²) in [6, 6.07) is 14.5. The van der Waals surface area contributed by atoms with Crippen LogP contribution in [0.25, 0.3) is 22.2 Å². The average molecular weight is 331 g/mol. The Labute approximate surface area is 144 Å². The second-order valence-corrected chi connectivity index (χ2v) is 6.48. The maximum absolute atomic E-state index is 5.59. The van der Waals surface area contributed by atoms with Crippen LogP contribution in [0, 0.1) is 0 Å². The molecule has 6 heteroatoms. The molecular weight excluding hydrogens is 314 g/mol. The first-order valence-electron chi connectivity index (χ1n) is 8.32. The summed E-state index contributed by atoms with van der Waals surface area (Å²) in [5.74, 6) is 1.27. The Kier molecular flexibility index (Phi) is 3.18. The quantitative estimate of drug-likeness (QED) is 0.610. The molecule has 1 aliphatic rings. The van der Waals surface area contributed by atoms with Crippen molar-refractivity contribution in [1.82, 2.24) is 25.0 Å². The molecule has 0 spiro atoms. The van der Waals surface area contributed by atoms with Crippen molar-refractivity contribution < 1.29 is 4.52 Å². The number of aromatic amines is 1. The molecule has 0 saturated carbocycles. The lowest BCUT2D eigenvalue weighted by molar-refractivity contribution is 0.171. The van der Waals surface area contributed by atoms with Crippen molar-refractivity contribution in [2.24, 2.45) is 0 Å². The standard InChI is InChI=1S/C19H17N5O/c1-24-10-16-15(20-11-21-16)9-17(24)19-22-18(23-25-19)14-7-6-12-4-2-3-5-13(12)8-14/h2-8,11,17H,9-10H2,1H3,(H,20,21)/t17-/m0/s1. The largest absolute Gasteiger partial charge is 0.347 e. The van der Waals surface area contributed by atoms with Crippen LogP contribution in [0.3, 0.4) is 0 Å². The van der Waals surface area contributed by atoms with Crippen molar-refractivity contribution in [1.29, 1.82) is 0 Å². The molecule has 1 atom stereocenters. The van der Waals surface area contributed by atoms with Crippen LogP contribution in [0.5, 0.6) is 0 Å². The van der Waals surface area contributed by atoms with Gasteiger partial charge in [-0.1, -0.05) is 41.6 Å². The summed E-state index contributed by atoms with van der Waals surface area (Å²) in [5, 5.41) is 6.58. The monoisotopic (exact) mass is 331 g/mol. The van der Waals surface area contributed by atoms with Crippen molar-refractivity contribution in [3.05, 3.63) is 66.1 Å². The fourth-order valence-electron chi connectivity index (χ4n) is 3.45. The molecule has 0 amide bonds. The Balaban J connectivity index is 1.48. The van der Waals surface area contributed by atoms with Crippen LogP contribution >= 0.6 is 0 Å². The number of H-pyrrole nitrogens is 1. The normalized spacial score (nSPS) is 17.7. The highest BCUT2D eigenvalue weighted by Gasteiger charge is 2.30. The summed E-state index contributed by atoms with van der Waals surface area (Å²) in [7, 11) is 2.06. The van der Waals surface area contributed by atoms with E-state index in [1.807, 2.05) is 18.2 Å². The summed E-state index contributed by atoms with van der Waals surface area (Å²) in [6.07, 6.45) is 2.52. The lowest BCUT2D eigenvalue weighted by atomic mass is 10.0. The van der Waals surface area contributed by atoms with E-state index in [0.29, 0.717) is 11.7 Å². The van der Waals surface area contributed by atoms with Crippen molar-refractivity contribution in [2.75, 3.05) is 7.05 Å². The molecular formula is C19H17N5O. The van der Waals surface area contributed by atoms with Gasteiger partial charge in [0.15, 0.2) is 0 Å². The third-order valence-corrected chi connectivity index (χ3v) is 4.87. The van der Waals surface area contributed by atoms with Crippen LogP contribution < -0.4 is 0 Å². The minimum atomic E-state index is 0.0532. The Bertz CT molecular complexity index is 1050. The molecule has 0 radical (unpaired) electrons. The number of aromatic nitrogens is 4. The van der Waals surface area contributed by atoms with E-state index in [9.17, 15) is 0 Å². The van der Waals surface area contributed by atoms with Gasteiger partial charge >= 0.3 is 0 Å². The van der Waals surface area contributed by atoms with E-state index >= 15 is 0 Å². The highest BCUT2D eigenvalue weighted by Crippen LogP contribution is 2.31. The zero-order chi connectivity index (χ0) is 16.8. The smallest absolute Gasteiger partial charge is 0.244 e. The van der Waals surface area contributed by atoms with Gasteiger partial charge in [-0.3, -0.25) is 4.90 Å². The number of hydrogen-bond donors (Lipinski definition) is 1. The van der Waals surface area contributed by atoms with E-state index < -0.39 is 0 Å². The molecule has 0 unspecified atom stereocenters. The summed E-state index contributed by atoms with van der Waals surface area (Å²) >= 11 is 0. The van der Waals surface area contributed by atoms with E-state index in [-0.39, 0.29) is 6.04 Å². The first-order valence-corrected chi connectivity index (χ1v) is 8.32. The first-order chi connectivity index (χ1) is 12.3. The Hall–Kier alpha value is -2.99. The van der Waals surface area contributed by atoms with Crippen molar-refractivity contribution >= 4 is 10.8 Å². The third-order valence-electron chi connectivity index (χ3n) is 4.87. The zero-order valence-electron chi connectivity index (χ0n) is 13.8. The van der Waals surface area contributed by atoms with Crippen LogP contribution in [0.4, 0.5) is 0 Å². The molecule has 0 bridgehead atoms. The molecule has 1 aliphatic heterocycles. The highest BCUT2D eigenvalue weighted by atomic mass is 16.5. The van der Waals surface area contributed by atoms with Crippen molar-refractivity contribution in [3.63, 3.8) is 0 Å². The van der Waals surface area contributed by atoms with Crippen LogP contribution in [0.15, 0.2) is 53.3 Å². The molecule has 0 aliphatic carbocycles. The second-order valence-electron chi connectivity index (χ2n) is 6.48. The number of fused-ring (bicyclic) bond motifs is 2. The van der Waals surface area contributed by atoms with Gasteiger partial charge in [-0.2, -0.15) is 4.98 Å². The predicted molar refractivity (Wildman–Crippen MR) is 93.7 cm³/mol. The maximum atomic E-state index is 5.59. The van der Waals surface area contributed by atoms with Gasteiger partial charge in [0.05, 0.1) is 23.8 Å². The number of likely N-dealkylation sites (N-methyl/N-ethyl adjacent to an activating group) is 1. The second kappa shape index (κ2) is 5.53. The topological polar surface area (TPSA) is 70.8 Å². The Morgan fingerprint density at radius 3 is 2.96 bits per heavy atom. The first kappa shape index (κ1) is 14.4. The SMILES string of the molecule is CN1Cc2[nH]cnc2C[C@H]1c1nc(-c2ccc3ccccc3c2)no1. The fourth-order valence-corrected chi connectivity index (χ4v) is 3.45. The van der Waals surface area contributed by atoms with E-state index in [1.165, 1.54) is 10.8 Å². The molecule has 0 fully saturated rings. The van der Waals surface area contributed by atoms with Gasteiger partial charge in [0.2, 0.25) is 11.7 Å². The fraction of sp³-hybridized carbons (Fsp3) is 0.211. The molecule has 1 N–H and O–H groups in total. The summed E-state index contributed by atoms with van der Waals surface area (Å²) in [5.41, 5.74) is 3.20. The van der Waals surface area contributed by atoms with Gasteiger partial charge in [0, 0.05) is 18.5 Å². The highest BCUT2D eigenvalue weighted by molar-refractivity contribution is 5.86. The van der Waals surface area contributed by atoms with E-state index in [1.54, 1.807) is 6.33 Å². The van der Waals surface area contributed by atoms with E-state index in [2.05, 4.69) is 56.3 Å². The number of benzene rings is 2. The molecule has 124 valence electrons. The lowest BCUT2D eigenvalue weighted by Crippen LogP contribution is -2.31. The molecule has 2 aromatic carbocycles. The lowest BCUT2D eigenvalue weighted by Gasteiger charge is -2.28. The molecule has 5 rings (SSSR count). The van der Waals surface area contributed by atoms with E-state index in [0.717, 1.165) is 29.9 Å². The van der Waals surface area contributed by atoms with Gasteiger partial charge in [-0.25, -0.2) is 4.98 Å². The van der Waals surface area contributed by atoms with Gasteiger partial charge in [0.1, 0.15) is 0 Å². The van der Waals surface area contributed by atoms with Crippen molar-refractivity contribution in [2.45, 2.75) is 19.0 Å². The van der Waals surface area contributed by atoms with Gasteiger partial charge < -0.3 is 9.51 Å². The number of rotatable bonds is 2. The molecule has 6 nitrogen and oxygen atoms in total. The minimum Gasteiger partial charge on any atom is -0.347 e. The number of nitrogens with zero attached hydrogens (tertiary/aromatic N) is 4. The number of hydrogen-bond acceptors (Lipinski definition) is 5. The van der Waals surface area contributed by atoms with Crippen LogP contribution in [-0.4, -0.2) is 32.1 Å². The van der Waals surface area contributed by atoms with Crippen molar-refractivity contribution in [3.8, 4) is 11.4 Å². The molecule has 3 heterocycles. The average Bonchev–Trinajstić information content (AvgIpc) is 3.29. The Morgan fingerprint density at radius 2 is 2.04 bits per heavy atom. The number of nitrogens with one attached hydrogen (secondary N) is 1. The summed E-state index contributed by atoms with van der Waals surface area (Å²) in [4.78, 5) is 14.5. The zero-order valence-corrected chi connectivity index (χ0v) is 13.8. The maximum Gasteiger partial charge on any atom is 0.244 e. The van der Waals surface area contributed by atoms with Gasteiger partial charge in [-0.05, 0) is 23.9 Å². The van der Waals surface area contributed by atoms with Crippen LogP contribution in [-0.2, 0) is 13.0 Å². The van der Waals surface area contributed by atoms with Crippen LogP contribution in [0.1, 0.15) is 23.3 Å². The predicted octanol–water partition coefficient (Wildman–Crippen LogP) is 3.34. The summed E-state index contributed by atoms with van der Waals surface area (Å²) in [6.45, 7) is 0.799. The van der Waals surface area contributed by atoms with Gasteiger partial charge in [-0.15, -0.1) is 0 Å². The molecule has 4 aromatic rings. The van der Waals surface area contributed by atoms with Crippen LogP contribution in [0.2, 0.25) is 0 Å². The van der Waals surface area contributed by atoms with E-state index in [4.69, 9.17) is 4.52 Å². The molecule has 25 heavy (non-hydrogen) atoms. The molecule has 2 aromatic heterocycles. The summed E-state index contributed by atoms with van der Waals surface area (Å²) < 4.78 is 5.59. The molecule has 0 saturated heterocycles.